The first kappa shape index (κ1) is 18.6. The van der Waals surface area contributed by atoms with Gasteiger partial charge in [-0.15, -0.1) is 0 Å². The van der Waals surface area contributed by atoms with Crippen molar-refractivity contribution in [2.75, 3.05) is 46.4 Å². The Morgan fingerprint density at radius 2 is 2.00 bits per heavy atom. The number of benzene rings is 1. The van der Waals surface area contributed by atoms with Crippen molar-refractivity contribution in [3.8, 4) is 5.75 Å². The van der Waals surface area contributed by atoms with Crippen LogP contribution in [0.1, 0.15) is 13.3 Å². The first-order valence-corrected chi connectivity index (χ1v) is 8.13. The quantitative estimate of drug-likeness (QED) is 0.792. The predicted molar refractivity (Wildman–Crippen MR) is 86.0 cm³/mol. The SMILES string of the molecule is COCCN1CCCN(C(=O)[C@H](C)Oc2ccc(F)c(F)c2)CC1. The van der Waals surface area contributed by atoms with Gasteiger partial charge < -0.3 is 14.4 Å². The van der Waals surface area contributed by atoms with E-state index in [1.165, 1.54) is 6.07 Å². The molecule has 0 N–H and O–H groups in total. The molecule has 0 bridgehead atoms. The van der Waals surface area contributed by atoms with E-state index in [1.807, 2.05) is 0 Å². The smallest absolute Gasteiger partial charge is 0.263 e. The van der Waals surface area contributed by atoms with Crippen molar-refractivity contribution in [3.63, 3.8) is 0 Å². The van der Waals surface area contributed by atoms with Crippen molar-refractivity contribution < 1.29 is 23.0 Å². The van der Waals surface area contributed by atoms with E-state index in [4.69, 9.17) is 9.47 Å². The van der Waals surface area contributed by atoms with Crippen LogP contribution in [0.5, 0.6) is 5.75 Å². The van der Waals surface area contributed by atoms with Crippen molar-refractivity contribution in [1.29, 1.82) is 0 Å². The number of carbonyl (C=O) groups excluding carboxylic acids is 1. The molecule has 0 saturated carbocycles. The molecule has 0 aliphatic carbocycles. The lowest BCUT2D eigenvalue weighted by Gasteiger charge is -2.25. The van der Waals surface area contributed by atoms with Crippen LogP contribution < -0.4 is 4.74 Å². The third-order valence-corrected chi connectivity index (χ3v) is 4.06. The molecule has 2 rings (SSSR count). The summed E-state index contributed by atoms with van der Waals surface area (Å²) in [5.74, 6) is -1.93. The Morgan fingerprint density at radius 3 is 2.71 bits per heavy atom. The Labute approximate surface area is 141 Å². The zero-order chi connectivity index (χ0) is 17.5. The van der Waals surface area contributed by atoms with E-state index in [1.54, 1.807) is 18.9 Å². The summed E-state index contributed by atoms with van der Waals surface area (Å²) in [6.45, 7) is 6.13. The molecule has 0 radical (unpaired) electrons. The van der Waals surface area contributed by atoms with Crippen LogP contribution >= 0.6 is 0 Å². The molecule has 1 atom stereocenters. The molecular formula is C17H24F2N2O3. The molecule has 1 aromatic carbocycles. The molecule has 1 aliphatic rings. The van der Waals surface area contributed by atoms with Crippen LogP contribution in [0.15, 0.2) is 18.2 Å². The zero-order valence-corrected chi connectivity index (χ0v) is 14.1. The van der Waals surface area contributed by atoms with Crippen molar-refractivity contribution in [3.05, 3.63) is 29.8 Å². The van der Waals surface area contributed by atoms with Gasteiger partial charge in [-0.25, -0.2) is 8.78 Å². The van der Waals surface area contributed by atoms with Crippen LogP contribution in [0.25, 0.3) is 0 Å². The van der Waals surface area contributed by atoms with Gasteiger partial charge in [0.25, 0.3) is 5.91 Å². The molecule has 1 amide bonds. The number of ether oxygens (including phenoxy) is 2. The number of nitrogens with zero attached hydrogens (tertiary/aromatic N) is 2. The van der Waals surface area contributed by atoms with Gasteiger partial charge in [-0.2, -0.15) is 0 Å². The average molecular weight is 342 g/mol. The summed E-state index contributed by atoms with van der Waals surface area (Å²) in [5, 5.41) is 0. The third kappa shape index (κ3) is 5.14. The highest BCUT2D eigenvalue weighted by Gasteiger charge is 2.24. The van der Waals surface area contributed by atoms with E-state index < -0.39 is 17.7 Å². The summed E-state index contributed by atoms with van der Waals surface area (Å²) in [5.41, 5.74) is 0. The number of halogens is 2. The molecular weight excluding hydrogens is 318 g/mol. The summed E-state index contributed by atoms with van der Waals surface area (Å²) in [4.78, 5) is 16.5. The summed E-state index contributed by atoms with van der Waals surface area (Å²) in [7, 11) is 1.67. The Kier molecular flexibility index (Phi) is 6.93. The molecule has 1 heterocycles. The van der Waals surface area contributed by atoms with Gasteiger partial charge in [0.1, 0.15) is 5.75 Å². The maximum Gasteiger partial charge on any atom is 0.263 e. The minimum atomic E-state index is -0.990. The molecule has 1 aromatic rings. The predicted octanol–water partition coefficient (Wildman–Crippen LogP) is 1.91. The fourth-order valence-corrected chi connectivity index (χ4v) is 2.70. The van der Waals surface area contributed by atoms with Gasteiger partial charge in [0, 0.05) is 39.4 Å². The summed E-state index contributed by atoms with van der Waals surface area (Å²) in [6.07, 6.45) is 0.133. The van der Waals surface area contributed by atoms with Crippen LogP contribution in [0.2, 0.25) is 0 Å². The number of amides is 1. The van der Waals surface area contributed by atoms with E-state index in [0.29, 0.717) is 19.7 Å². The Bertz CT molecular complexity index is 557. The van der Waals surface area contributed by atoms with Gasteiger partial charge in [-0.3, -0.25) is 9.69 Å². The zero-order valence-electron chi connectivity index (χ0n) is 14.1. The van der Waals surface area contributed by atoms with Gasteiger partial charge in [0.2, 0.25) is 0 Å². The normalized spacial score (nSPS) is 17.4. The van der Waals surface area contributed by atoms with Gasteiger partial charge >= 0.3 is 0 Å². The van der Waals surface area contributed by atoms with Crippen LogP contribution in [0.4, 0.5) is 8.78 Å². The Hall–Kier alpha value is -1.73. The number of rotatable bonds is 6. The van der Waals surface area contributed by atoms with Crippen molar-refractivity contribution in [2.45, 2.75) is 19.4 Å². The molecule has 5 nitrogen and oxygen atoms in total. The van der Waals surface area contributed by atoms with Crippen molar-refractivity contribution in [1.82, 2.24) is 9.80 Å². The summed E-state index contributed by atoms with van der Waals surface area (Å²) in [6, 6.07) is 3.26. The number of hydrogen-bond acceptors (Lipinski definition) is 4. The first-order chi connectivity index (χ1) is 11.5. The van der Waals surface area contributed by atoms with Gasteiger partial charge in [-0.05, 0) is 32.0 Å². The highest BCUT2D eigenvalue weighted by atomic mass is 19.2. The molecule has 7 heteroatoms. The molecule has 134 valence electrons. The lowest BCUT2D eigenvalue weighted by Crippen LogP contribution is -2.42. The van der Waals surface area contributed by atoms with Gasteiger partial charge in [0.15, 0.2) is 17.7 Å². The summed E-state index contributed by atoms with van der Waals surface area (Å²) >= 11 is 0. The van der Waals surface area contributed by atoms with E-state index >= 15 is 0 Å². The van der Waals surface area contributed by atoms with Crippen LogP contribution in [-0.2, 0) is 9.53 Å². The lowest BCUT2D eigenvalue weighted by atomic mass is 10.3. The molecule has 0 aromatic heterocycles. The van der Waals surface area contributed by atoms with Gasteiger partial charge in [0.05, 0.1) is 6.61 Å². The largest absolute Gasteiger partial charge is 0.481 e. The molecule has 24 heavy (non-hydrogen) atoms. The van der Waals surface area contributed by atoms with E-state index in [2.05, 4.69) is 4.90 Å². The molecule has 1 saturated heterocycles. The number of carbonyl (C=O) groups is 1. The van der Waals surface area contributed by atoms with Crippen LogP contribution in [0, 0.1) is 11.6 Å². The maximum absolute atomic E-state index is 13.2. The Morgan fingerprint density at radius 1 is 1.21 bits per heavy atom. The highest BCUT2D eigenvalue weighted by molar-refractivity contribution is 5.81. The fourth-order valence-electron chi connectivity index (χ4n) is 2.70. The van der Waals surface area contributed by atoms with Crippen molar-refractivity contribution in [2.24, 2.45) is 0 Å². The first-order valence-electron chi connectivity index (χ1n) is 8.13. The van der Waals surface area contributed by atoms with Crippen molar-refractivity contribution >= 4 is 5.91 Å². The second-order valence-electron chi connectivity index (χ2n) is 5.85. The molecule has 1 fully saturated rings. The van der Waals surface area contributed by atoms with E-state index in [0.717, 1.165) is 38.2 Å². The third-order valence-electron chi connectivity index (χ3n) is 4.06. The number of methoxy groups -OCH3 is 1. The molecule has 0 unspecified atom stereocenters. The second-order valence-corrected chi connectivity index (χ2v) is 5.85. The number of hydrogen-bond donors (Lipinski definition) is 0. The van der Waals surface area contributed by atoms with Gasteiger partial charge in [-0.1, -0.05) is 0 Å². The second kappa shape index (κ2) is 8.94. The van der Waals surface area contributed by atoms with Crippen LogP contribution in [-0.4, -0.2) is 68.3 Å². The monoisotopic (exact) mass is 342 g/mol. The Balaban J connectivity index is 1.89. The fraction of sp³-hybridized carbons (Fsp3) is 0.588. The molecule has 1 aliphatic heterocycles. The maximum atomic E-state index is 13.2. The minimum absolute atomic E-state index is 0.145. The minimum Gasteiger partial charge on any atom is -0.481 e. The van der Waals surface area contributed by atoms with Crippen LogP contribution in [0.3, 0.4) is 0 Å². The topological polar surface area (TPSA) is 42.0 Å². The lowest BCUT2D eigenvalue weighted by molar-refractivity contribution is -0.137. The molecule has 0 spiro atoms. The highest BCUT2D eigenvalue weighted by Crippen LogP contribution is 2.17. The summed E-state index contributed by atoms with van der Waals surface area (Å²) < 4.78 is 36.7. The van der Waals surface area contributed by atoms with E-state index in [9.17, 15) is 13.6 Å². The average Bonchev–Trinajstić information content (AvgIpc) is 2.81. The van der Waals surface area contributed by atoms with E-state index in [-0.39, 0.29) is 11.7 Å². The standard InChI is InChI=1S/C17H24F2N2O3/c1-13(24-14-4-5-15(18)16(19)12-14)17(22)21-7-3-6-20(8-9-21)10-11-23-2/h4-5,12-13H,3,6-11H2,1-2H3/t13-/m0/s1.